The van der Waals surface area contributed by atoms with Gasteiger partial charge < -0.3 is 10.1 Å². The number of nitrogens with one attached hydrogen (secondary N) is 2. The maximum atomic E-state index is 12.4. The molecule has 6 nitrogen and oxygen atoms in total. The molecule has 0 saturated heterocycles. The second-order valence-electron chi connectivity index (χ2n) is 5.67. The maximum absolute atomic E-state index is 12.4. The number of ether oxygens (including phenoxy) is 1. The minimum absolute atomic E-state index is 0.147. The number of hydrogen-bond donors (Lipinski definition) is 2. The third-order valence-corrected chi connectivity index (χ3v) is 4.59. The van der Waals surface area contributed by atoms with Crippen LogP contribution in [0.4, 0.5) is 19.0 Å². The zero-order valence-electron chi connectivity index (χ0n) is 14.7. The van der Waals surface area contributed by atoms with Crippen LogP contribution in [-0.4, -0.2) is 45.6 Å². The lowest BCUT2D eigenvalue weighted by atomic mass is 10.2. The standard InChI is InChI=1S/C18H16F3N5OS/c1-27-12-4-5-14-13(7-12)17(24-10-28-9-15(22)18(19,20)21)26-16(25-14)11-3-2-6-23-8-11/h2-8,22H,9-10H2,1H3,(H,24,25,26). The average Bonchev–Trinajstić information content (AvgIpc) is 2.70. The lowest BCUT2D eigenvalue weighted by Gasteiger charge is -2.12. The van der Waals surface area contributed by atoms with Crippen molar-refractivity contribution in [3.8, 4) is 17.1 Å². The van der Waals surface area contributed by atoms with Crippen LogP contribution in [0.15, 0.2) is 42.7 Å². The average molecular weight is 407 g/mol. The Hall–Kier alpha value is -2.88. The molecule has 3 aromatic rings. The van der Waals surface area contributed by atoms with Crippen LogP contribution in [-0.2, 0) is 0 Å². The van der Waals surface area contributed by atoms with Crippen LogP contribution < -0.4 is 10.1 Å². The predicted molar refractivity (Wildman–Crippen MR) is 104 cm³/mol. The quantitative estimate of drug-likeness (QED) is 0.343. The van der Waals surface area contributed by atoms with E-state index in [2.05, 4.69) is 20.3 Å². The van der Waals surface area contributed by atoms with Gasteiger partial charge in [-0.15, -0.1) is 11.8 Å². The fraction of sp³-hybridized carbons (Fsp3) is 0.222. The summed E-state index contributed by atoms with van der Waals surface area (Å²) in [5, 5.41) is 10.7. The molecule has 0 saturated carbocycles. The van der Waals surface area contributed by atoms with E-state index in [0.717, 1.165) is 17.3 Å². The van der Waals surface area contributed by atoms with Crippen molar-refractivity contribution in [2.45, 2.75) is 6.18 Å². The van der Waals surface area contributed by atoms with Crippen molar-refractivity contribution < 1.29 is 17.9 Å². The number of fused-ring (bicyclic) bond motifs is 1. The summed E-state index contributed by atoms with van der Waals surface area (Å²) in [6.45, 7) is 0. The number of methoxy groups -OCH3 is 1. The van der Waals surface area contributed by atoms with Crippen molar-refractivity contribution in [2.24, 2.45) is 0 Å². The van der Waals surface area contributed by atoms with Gasteiger partial charge in [0.2, 0.25) is 0 Å². The summed E-state index contributed by atoms with van der Waals surface area (Å²) in [5.41, 5.74) is 0.101. The molecule has 2 N–H and O–H groups in total. The van der Waals surface area contributed by atoms with Gasteiger partial charge in [-0.3, -0.25) is 10.4 Å². The highest BCUT2D eigenvalue weighted by Gasteiger charge is 2.33. The normalized spacial score (nSPS) is 11.4. The van der Waals surface area contributed by atoms with Gasteiger partial charge in [0.05, 0.1) is 18.5 Å². The second kappa shape index (κ2) is 8.42. The van der Waals surface area contributed by atoms with Crippen LogP contribution in [0.3, 0.4) is 0 Å². The Morgan fingerprint density at radius 2 is 2.07 bits per heavy atom. The molecule has 2 heterocycles. The van der Waals surface area contributed by atoms with Crippen LogP contribution >= 0.6 is 11.8 Å². The molecular weight excluding hydrogens is 391 g/mol. The monoisotopic (exact) mass is 407 g/mol. The molecule has 0 aliphatic rings. The van der Waals surface area contributed by atoms with Gasteiger partial charge in [0, 0.05) is 29.1 Å². The van der Waals surface area contributed by atoms with E-state index in [1.165, 1.54) is 7.11 Å². The first-order valence-corrected chi connectivity index (χ1v) is 9.26. The fourth-order valence-corrected chi connectivity index (χ4v) is 3.06. The molecule has 0 aliphatic carbocycles. The van der Waals surface area contributed by atoms with Gasteiger partial charge in [-0.1, -0.05) is 0 Å². The third-order valence-electron chi connectivity index (χ3n) is 3.75. The fourth-order valence-electron chi connectivity index (χ4n) is 2.35. The molecular formula is C18H16F3N5OS. The second-order valence-corrected chi connectivity index (χ2v) is 6.65. The number of benzene rings is 1. The smallest absolute Gasteiger partial charge is 0.429 e. The van der Waals surface area contributed by atoms with Crippen molar-refractivity contribution in [3.63, 3.8) is 0 Å². The lowest BCUT2D eigenvalue weighted by molar-refractivity contribution is -0.0596. The molecule has 10 heteroatoms. The van der Waals surface area contributed by atoms with Crippen LogP contribution in [0.2, 0.25) is 0 Å². The highest BCUT2D eigenvalue weighted by atomic mass is 32.2. The number of rotatable bonds is 7. The SMILES string of the molecule is COc1ccc2nc(-c3cccnc3)nc(NCSCC(=N)C(F)(F)F)c2c1. The lowest BCUT2D eigenvalue weighted by Crippen LogP contribution is -2.24. The highest BCUT2D eigenvalue weighted by Crippen LogP contribution is 2.28. The Morgan fingerprint density at radius 3 is 2.75 bits per heavy atom. The Kier molecular flexibility index (Phi) is 5.98. The molecule has 28 heavy (non-hydrogen) atoms. The Morgan fingerprint density at radius 1 is 1.25 bits per heavy atom. The molecule has 146 valence electrons. The van der Waals surface area contributed by atoms with Gasteiger partial charge in [-0.05, 0) is 30.3 Å². The summed E-state index contributed by atoms with van der Waals surface area (Å²) in [6.07, 6.45) is -1.33. The van der Waals surface area contributed by atoms with Crippen molar-refractivity contribution in [1.82, 2.24) is 15.0 Å². The molecule has 0 fully saturated rings. The number of thioether (sulfide) groups is 1. The van der Waals surface area contributed by atoms with Crippen LogP contribution in [0.1, 0.15) is 0 Å². The van der Waals surface area contributed by atoms with E-state index in [0.29, 0.717) is 28.3 Å². The van der Waals surface area contributed by atoms with Gasteiger partial charge in [0.1, 0.15) is 17.3 Å². The number of aromatic nitrogens is 3. The maximum Gasteiger partial charge on any atom is 0.429 e. The first-order valence-electron chi connectivity index (χ1n) is 8.11. The van der Waals surface area contributed by atoms with Gasteiger partial charge in [-0.2, -0.15) is 13.2 Å². The van der Waals surface area contributed by atoms with E-state index in [9.17, 15) is 13.2 Å². The molecule has 0 unspecified atom stereocenters. The Balaban J connectivity index is 1.86. The van der Waals surface area contributed by atoms with Gasteiger partial charge in [0.15, 0.2) is 5.82 Å². The van der Waals surface area contributed by atoms with E-state index in [-0.39, 0.29) is 5.88 Å². The van der Waals surface area contributed by atoms with E-state index in [1.54, 1.807) is 36.7 Å². The van der Waals surface area contributed by atoms with Crippen LogP contribution in [0, 0.1) is 5.41 Å². The number of nitrogens with zero attached hydrogens (tertiary/aromatic N) is 3. The molecule has 1 aromatic carbocycles. The first kappa shape index (κ1) is 19.9. The number of pyridine rings is 1. The predicted octanol–water partition coefficient (Wildman–Crippen LogP) is 4.39. The molecule has 2 aromatic heterocycles. The number of halogens is 3. The molecule has 3 rings (SSSR count). The summed E-state index contributed by atoms with van der Waals surface area (Å²) in [6, 6.07) is 8.90. The van der Waals surface area contributed by atoms with E-state index >= 15 is 0 Å². The number of anilines is 1. The molecule has 0 atom stereocenters. The van der Waals surface area contributed by atoms with Crippen molar-refractivity contribution in [1.29, 1.82) is 5.41 Å². The van der Waals surface area contributed by atoms with E-state index < -0.39 is 17.6 Å². The molecule has 0 aliphatic heterocycles. The van der Waals surface area contributed by atoms with Crippen molar-refractivity contribution >= 4 is 34.2 Å². The van der Waals surface area contributed by atoms with E-state index in [4.69, 9.17) is 10.1 Å². The third kappa shape index (κ3) is 4.69. The summed E-state index contributed by atoms with van der Waals surface area (Å²) >= 11 is 0.944. The summed E-state index contributed by atoms with van der Waals surface area (Å²) in [7, 11) is 1.54. The number of hydrogen-bond acceptors (Lipinski definition) is 7. The summed E-state index contributed by atoms with van der Waals surface area (Å²) in [5.74, 6) is 1.22. The van der Waals surface area contributed by atoms with Crippen LogP contribution in [0.5, 0.6) is 5.75 Å². The minimum atomic E-state index is -4.60. The molecule has 0 spiro atoms. The molecule has 0 radical (unpaired) electrons. The highest BCUT2D eigenvalue weighted by molar-refractivity contribution is 8.00. The number of alkyl halides is 3. The minimum Gasteiger partial charge on any atom is -0.497 e. The largest absolute Gasteiger partial charge is 0.497 e. The van der Waals surface area contributed by atoms with Crippen LogP contribution in [0.25, 0.3) is 22.3 Å². The Bertz CT molecular complexity index is 982. The molecule has 0 amide bonds. The van der Waals surface area contributed by atoms with Gasteiger partial charge >= 0.3 is 6.18 Å². The Labute approximate surface area is 163 Å². The van der Waals surface area contributed by atoms with Gasteiger partial charge in [-0.25, -0.2) is 9.97 Å². The van der Waals surface area contributed by atoms with Gasteiger partial charge in [0.25, 0.3) is 0 Å². The first-order chi connectivity index (χ1) is 13.4. The van der Waals surface area contributed by atoms with Crippen molar-refractivity contribution in [3.05, 3.63) is 42.7 Å². The zero-order chi connectivity index (χ0) is 20.1. The van der Waals surface area contributed by atoms with E-state index in [1.807, 2.05) is 6.07 Å². The topological polar surface area (TPSA) is 83.8 Å². The molecule has 0 bridgehead atoms. The zero-order valence-corrected chi connectivity index (χ0v) is 15.6. The summed E-state index contributed by atoms with van der Waals surface area (Å²) < 4.78 is 42.5. The summed E-state index contributed by atoms with van der Waals surface area (Å²) in [4.78, 5) is 13.1. The van der Waals surface area contributed by atoms with Crippen molar-refractivity contribution in [2.75, 3.05) is 24.1 Å².